The molecule has 0 saturated carbocycles. The lowest BCUT2D eigenvalue weighted by Crippen LogP contribution is -2.31. The zero-order valence-corrected chi connectivity index (χ0v) is 27.3. The van der Waals surface area contributed by atoms with E-state index < -0.39 is 11.8 Å². The van der Waals surface area contributed by atoms with Gasteiger partial charge in [0.05, 0.1) is 30.2 Å². The van der Waals surface area contributed by atoms with Gasteiger partial charge in [0.25, 0.3) is 0 Å². The first-order chi connectivity index (χ1) is 22.9. The van der Waals surface area contributed by atoms with Gasteiger partial charge < -0.3 is 14.8 Å². The van der Waals surface area contributed by atoms with Crippen LogP contribution in [-0.2, 0) is 4.79 Å². The summed E-state index contributed by atoms with van der Waals surface area (Å²) in [5, 5.41) is 3.71. The first-order valence-electron chi connectivity index (χ1n) is 15.0. The minimum absolute atomic E-state index is 0.206. The number of amides is 1. The second kappa shape index (κ2) is 14.1. The largest absolute Gasteiger partial charge is 0.497 e. The summed E-state index contributed by atoms with van der Waals surface area (Å²) in [6.07, 6.45) is 1.56. The van der Waals surface area contributed by atoms with Gasteiger partial charge in [-0.1, -0.05) is 114 Å². The number of Topliss-reactive ketones (excluding diaryl/α,β-unsaturated/α-hetero) is 1. The van der Waals surface area contributed by atoms with Gasteiger partial charge in [-0.25, -0.2) is 0 Å². The molecule has 0 radical (unpaired) electrons. The minimum atomic E-state index is -0.834. The summed E-state index contributed by atoms with van der Waals surface area (Å²) in [6.45, 7) is 0. The van der Waals surface area contributed by atoms with Crippen LogP contribution < -0.4 is 14.8 Å². The molecule has 2 unspecified atom stereocenters. The van der Waals surface area contributed by atoms with Crippen molar-refractivity contribution in [1.29, 1.82) is 0 Å². The van der Waals surface area contributed by atoms with Crippen molar-refractivity contribution >= 4 is 46.0 Å². The Morgan fingerprint density at radius 1 is 0.617 bits per heavy atom. The lowest BCUT2D eigenvalue weighted by Gasteiger charge is -2.33. The van der Waals surface area contributed by atoms with E-state index in [0.29, 0.717) is 43.8 Å². The second-order valence-electron chi connectivity index (χ2n) is 11.0. The van der Waals surface area contributed by atoms with Crippen LogP contribution in [0.1, 0.15) is 44.4 Å². The summed E-state index contributed by atoms with van der Waals surface area (Å²) >= 11 is 12.9. The normalized spacial score (nSPS) is 19.1. The fraction of sp³-hybridized carbons (Fsp3) is 0.100. The van der Waals surface area contributed by atoms with Crippen molar-refractivity contribution in [2.24, 2.45) is 0 Å². The Morgan fingerprint density at radius 3 is 1.74 bits per heavy atom. The highest BCUT2D eigenvalue weighted by Gasteiger charge is 2.38. The predicted octanol–water partition coefficient (Wildman–Crippen LogP) is 9.39. The molecule has 1 N–H and O–H groups in total. The third kappa shape index (κ3) is 6.59. The molecule has 1 aliphatic heterocycles. The molecule has 5 aromatic rings. The topological polar surface area (TPSA) is 64.6 Å². The summed E-state index contributed by atoms with van der Waals surface area (Å²) in [6, 6.07) is 39.4. The predicted molar refractivity (Wildman–Crippen MR) is 188 cm³/mol. The number of halogens is 2. The van der Waals surface area contributed by atoms with E-state index in [1.807, 2.05) is 103 Å². The standard InChI is InChI=1S/C40H31Cl2NO4/c1-46-30-18-13-26(14-19-30)35-32(39(44)28-11-7-4-8-12-28)24-43-40(45)38(29-17-22-33(41)34(42)23-29)37(27-15-20-31(47-2)21-16-27)36(35)25-9-5-3-6-10-25/h3-24,35,38H,1-2H3,(H,43,45)/b32-24+,37-36-. The summed E-state index contributed by atoms with van der Waals surface area (Å²) in [7, 11) is 3.22. The number of hydrogen-bond donors (Lipinski definition) is 1. The molecule has 7 heteroatoms. The van der Waals surface area contributed by atoms with Crippen molar-refractivity contribution in [3.05, 3.63) is 177 Å². The average molecular weight is 661 g/mol. The molecule has 2 atom stereocenters. The fourth-order valence-electron chi connectivity index (χ4n) is 6.05. The fourth-order valence-corrected chi connectivity index (χ4v) is 6.36. The van der Waals surface area contributed by atoms with Gasteiger partial charge in [0.2, 0.25) is 5.91 Å². The second-order valence-corrected chi connectivity index (χ2v) is 11.9. The molecule has 1 aliphatic rings. The van der Waals surface area contributed by atoms with Crippen LogP contribution in [0.4, 0.5) is 0 Å². The number of ketones is 1. The van der Waals surface area contributed by atoms with Gasteiger partial charge in [0, 0.05) is 23.3 Å². The molecule has 6 rings (SSSR count). The molecular formula is C40H31Cl2NO4. The number of benzene rings is 5. The molecular weight excluding hydrogens is 629 g/mol. The van der Waals surface area contributed by atoms with Crippen LogP contribution in [0, 0.1) is 0 Å². The summed E-state index contributed by atoms with van der Waals surface area (Å²) in [5.74, 6) is -0.625. The highest BCUT2D eigenvalue weighted by Crippen LogP contribution is 2.49. The van der Waals surface area contributed by atoms with E-state index in [1.165, 1.54) is 0 Å². The number of nitrogens with one attached hydrogen (secondary N) is 1. The SMILES string of the molecule is COc1ccc(/C2=C(\c3ccccc3)C(c3ccc(OC)cc3)/C(C(=O)c3ccccc3)=C\NC(=O)C2c2ccc(Cl)c(Cl)c2)cc1. The monoisotopic (exact) mass is 659 g/mol. The van der Waals surface area contributed by atoms with Crippen molar-refractivity contribution in [1.82, 2.24) is 5.32 Å². The third-order valence-electron chi connectivity index (χ3n) is 8.32. The smallest absolute Gasteiger partial charge is 0.235 e. The number of carbonyl (C=O) groups excluding carboxylic acids is 2. The van der Waals surface area contributed by atoms with Crippen LogP contribution in [0.2, 0.25) is 10.0 Å². The van der Waals surface area contributed by atoms with Crippen LogP contribution in [0.3, 0.4) is 0 Å². The first-order valence-corrected chi connectivity index (χ1v) is 15.8. The Labute approximate surface area is 284 Å². The molecule has 0 aliphatic carbocycles. The number of methoxy groups -OCH3 is 2. The van der Waals surface area contributed by atoms with E-state index in [0.717, 1.165) is 22.3 Å². The van der Waals surface area contributed by atoms with E-state index in [9.17, 15) is 9.59 Å². The maximum Gasteiger partial charge on any atom is 0.235 e. The zero-order chi connectivity index (χ0) is 32.9. The number of ether oxygens (including phenoxy) is 2. The van der Waals surface area contributed by atoms with E-state index >= 15 is 0 Å². The van der Waals surface area contributed by atoms with Gasteiger partial charge in [-0.15, -0.1) is 0 Å². The Kier molecular flexibility index (Phi) is 9.58. The highest BCUT2D eigenvalue weighted by molar-refractivity contribution is 6.42. The maximum absolute atomic E-state index is 14.5. The van der Waals surface area contributed by atoms with Crippen LogP contribution in [-0.4, -0.2) is 25.9 Å². The summed E-state index contributed by atoms with van der Waals surface area (Å²) in [5.41, 5.74) is 5.54. The van der Waals surface area contributed by atoms with Crippen molar-refractivity contribution in [3.8, 4) is 11.5 Å². The van der Waals surface area contributed by atoms with Crippen LogP contribution in [0.25, 0.3) is 11.1 Å². The van der Waals surface area contributed by atoms with Crippen LogP contribution >= 0.6 is 23.2 Å². The number of rotatable bonds is 8. The third-order valence-corrected chi connectivity index (χ3v) is 9.06. The van der Waals surface area contributed by atoms with Gasteiger partial charge in [-0.3, -0.25) is 9.59 Å². The lowest BCUT2D eigenvalue weighted by atomic mass is 9.71. The molecule has 0 saturated heterocycles. The molecule has 234 valence electrons. The summed E-state index contributed by atoms with van der Waals surface area (Å²) < 4.78 is 11.0. The Balaban J connectivity index is 1.75. The van der Waals surface area contributed by atoms with E-state index in [4.69, 9.17) is 32.7 Å². The Bertz CT molecular complexity index is 1970. The molecule has 0 spiro atoms. The molecule has 0 fully saturated rings. The molecule has 5 nitrogen and oxygen atoms in total. The lowest BCUT2D eigenvalue weighted by molar-refractivity contribution is -0.120. The summed E-state index contributed by atoms with van der Waals surface area (Å²) in [4.78, 5) is 29.0. The average Bonchev–Trinajstić information content (AvgIpc) is 3.12. The van der Waals surface area contributed by atoms with Gasteiger partial charge in [0.1, 0.15) is 11.5 Å². The van der Waals surface area contributed by atoms with E-state index in [1.54, 1.807) is 44.7 Å². The Hall–Kier alpha value is -5.10. The number of allylic oxidation sites excluding steroid dienone is 2. The van der Waals surface area contributed by atoms with Crippen molar-refractivity contribution in [3.63, 3.8) is 0 Å². The van der Waals surface area contributed by atoms with E-state index in [-0.39, 0.29) is 11.7 Å². The molecule has 0 aromatic heterocycles. The van der Waals surface area contributed by atoms with Crippen molar-refractivity contribution in [2.45, 2.75) is 11.8 Å². The molecule has 5 aromatic carbocycles. The quantitative estimate of drug-likeness (QED) is 0.169. The van der Waals surface area contributed by atoms with E-state index in [2.05, 4.69) is 5.32 Å². The van der Waals surface area contributed by atoms with Crippen molar-refractivity contribution < 1.29 is 19.1 Å². The van der Waals surface area contributed by atoms with Crippen molar-refractivity contribution in [2.75, 3.05) is 14.2 Å². The highest BCUT2D eigenvalue weighted by atomic mass is 35.5. The Morgan fingerprint density at radius 2 is 1.15 bits per heavy atom. The number of carbonyl (C=O) groups is 2. The van der Waals surface area contributed by atoms with Gasteiger partial charge >= 0.3 is 0 Å². The molecule has 1 amide bonds. The number of hydrogen-bond acceptors (Lipinski definition) is 4. The van der Waals surface area contributed by atoms with Gasteiger partial charge in [-0.05, 0) is 69.8 Å². The molecule has 0 bridgehead atoms. The minimum Gasteiger partial charge on any atom is -0.497 e. The maximum atomic E-state index is 14.5. The first kappa shape index (κ1) is 31.9. The zero-order valence-electron chi connectivity index (χ0n) is 25.7. The molecule has 1 heterocycles. The van der Waals surface area contributed by atoms with Crippen LogP contribution in [0.15, 0.2) is 139 Å². The molecule has 47 heavy (non-hydrogen) atoms. The van der Waals surface area contributed by atoms with Crippen LogP contribution in [0.5, 0.6) is 11.5 Å². The van der Waals surface area contributed by atoms with Gasteiger partial charge in [0.15, 0.2) is 5.78 Å². The van der Waals surface area contributed by atoms with Gasteiger partial charge in [-0.2, -0.15) is 0 Å².